The molecule has 0 bridgehead atoms. The van der Waals surface area contributed by atoms with Crippen molar-refractivity contribution in [3.63, 3.8) is 0 Å². The molecule has 1 aliphatic carbocycles. The molecule has 1 heterocycles. The number of hydrogen-bond donors (Lipinski definition) is 0. The second-order valence-electron chi connectivity index (χ2n) is 11.4. The van der Waals surface area contributed by atoms with Gasteiger partial charge in [0.2, 0.25) is 0 Å². The molecule has 2 aromatic carbocycles. The predicted molar refractivity (Wildman–Crippen MR) is 160 cm³/mol. The Kier molecular flexibility index (Phi) is 10.5. The Hall–Kier alpha value is -2.38. The van der Waals surface area contributed by atoms with Crippen molar-refractivity contribution in [2.45, 2.75) is 62.6 Å². The summed E-state index contributed by atoms with van der Waals surface area (Å²) in [7, 11) is 5.68. The highest BCUT2D eigenvalue weighted by Gasteiger charge is 2.52. The third-order valence-corrected chi connectivity index (χ3v) is 9.37. The number of halogens is 1. The van der Waals surface area contributed by atoms with Gasteiger partial charge in [0.25, 0.3) is 0 Å². The smallest absolute Gasteiger partial charge is 0.336 e. The summed E-state index contributed by atoms with van der Waals surface area (Å²) in [6.07, 6.45) is 10.9. The number of carbonyl (C=O) groups is 1. The standard InChI is InChI=1S/C32H44FN3O2S/c1-35(2)30(27-11-8-12-28(33)22-27)26-15-13-25(14-16-26)21-29-32(18-20-39-4,31(37)38-3)34-23-36(29)19-17-24-9-6-5-7-10-24/h5-12,22-23,25-26,29-30H,13-21H2,1-4H3. The van der Waals surface area contributed by atoms with E-state index in [1.807, 2.05) is 18.5 Å². The molecule has 2 aliphatic rings. The molecular formula is C32H44FN3O2S. The molecular weight excluding hydrogens is 509 g/mol. The van der Waals surface area contributed by atoms with Crippen molar-refractivity contribution in [2.24, 2.45) is 16.8 Å². The SMILES string of the molecule is COC(=O)C1(CCSC)N=CN(CCc2ccccc2)C1CC1CCC(C(c2cccc(F)c2)N(C)C)CC1. The fourth-order valence-electron chi connectivity index (χ4n) is 6.76. The van der Waals surface area contributed by atoms with Crippen LogP contribution in [-0.4, -0.2) is 73.4 Å². The zero-order chi connectivity index (χ0) is 27.8. The summed E-state index contributed by atoms with van der Waals surface area (Å²) >= 11 is 1.75. The van der Waals surface area contributed by atoms with E-state index < -0.39 is 5.54 Å². The van der Waals surface area contributed by atoms with Gasteiger partial charge in [0.1, 0.15) is 5.82 Å². The third-order valence-electron chi connectivity index (χ3n) is 8.76. The van der Waals surface area contributed by atoms with E-state index in [0.717, 1.165) is 56.4 Å². The van der Waals surface area contributed by atoms with E-state index in [4.69, 9.17) is 9.73 Å². The van der Waals surface area contributed by atoms with Gasteiger partial charge < -0.3 is 14.5 Å². The zero-order valence-corrected chi connectivity index (χ0v) is 24.7. The minimum atomic E-state index is -0.848. The van der Waals surface area contributed by atoms with Gasteiger partial charge in [0, 0.05) is 12.6 Å². The average molecular weight is 554 g/mol. The molecule has 3 atom stereocenters. The highest BCUT2D eigenvalue weighted by Crippen LogP contribution is 2.43. The maximum absolute atomic E-state index is 14.0. The van der Waals surface area contributed by atoms with Gasteiger partial charge >= 0.3 is 5.97 Å². The fourth-order valence-corrected chi connectivity index (χ4v) is 7.27. The van der Waals surface area contributed by atoms with Gasteiger partial charge in [-0.15, -0.1) is 0 Å². The number of ether oxygens (including phenoxy) is 1. The van der Waals surface area contributed by atoms with Gasteiger partial charge in [0.05, 0.1) is 19.5 Å². The molecule has 1 saturated carbocycles. The predicted octanol–water partition coefficient (Wildman–Crippen LogP) is 6.25. The lowest BCUT2D eigenvalue weighted by Crippen LogP contribution is -2.53. The van der Waals surface area contributed by atoms with E-state index >= 15 is 0 Å². The Bertz CT molecular complexity index is 1090. The molecule has 0 aromatic heterocycles. The molecule has 0 spiro atoms. The summed E-state index contributed by atoms with van der Waals surface area (Å²) in [5, 5.41) is 0. The molecule has 1 aliphatic heterocycles. The summed E-state index contributed by atoms with van der Waals surface area (Å²) in [5.41, 5.74) is 1.50. The van der Waals surface area contributed by atoms with Gasteiger partial charge in [-0.25, -0.2) is 9.18 Å². The number of methoxy groups -OCH3 is 1. The van der Waals surface area contributed by atoms with Crippen LogP contribution in [0.4, 0.5) is 4.39 Å². The number of carbonyl (C=O) groups excluding carboxylic acids is 1. The Morgan fingerprint density at radius 1 is 1.15 bits per heavy atom. The average Bonchev–Trinajstić information content (AvgIpc) is 3.29. The van der Waals surface area contributed by atoms with Gasteiger partial charge in [0.15, 0.2) is 5.54 Å². The Morgan fingerprint density at radius 3 is 2.54 bits per heavy atom. The minimum absolute atomic E-state index is 0.00442. The quantitative estimate of drug-likeness (QED) is 0.291. The van der Waals surface area contributed by atoms with Crippen LogP contribution in [-0.2, 0) is 16.0 Å². The lowest BCUT2D eigenvalue weighted by atomic mass is 9.72. The van der Waals surface area contributed by atoms with Crippen LogP contribution in [0.1, 0.15) is 55.7 Å². The van der Waals surface area contributed by atoms with Crippen LogP contribution in [0.3, 0.4) is 0 Å². The lowest BCUT2D eigenvalue weighted by Gasteiger charge is -2.41. The van der Waals surface area contributed by atoms with Crippen molar-refractivity contribution in [2.75, 3.05) is 39.8 Å². The van der Waals surface area contributed by atoms with E-state index in [0.29, 0.717) is 18.3 Å². The maximum Gasteiger partial charge on any atom is 0.336 e. The number of benzene rings is 2. The first kappa shape index (κ1) is 29.6. The van der Waals surface area contributed by atoms with Crippen LogP contribution in [0, 0.1) is 17.7 Å². The molecule has 0 amide bonds. The molecule has 5 nitrogen and oxygen atoms in total. The molecule has 212 valence electrons. The lowest BCUT2D eigenvalue weighted by molar-refractivity contribution is -0.148. The maximum atomic E-state index is 14.0. The van der Waals surface area contributed by atoms with E-state index in [1.54, 1.807) is 17.8 Å². The van der Waals surface area contributed by atoms with Crippen LogP contribution in [0.5, 0.6) is 0 Å². The molecule has 2 aromatic rings. The van der Waals surface area contributed by atoms with E-state index in [9.17, 15) is 9.18 Å². The zero-order valence-electron chi connectivity index (χ0n) is 23.9. The summed E-state index contributed by atoms with van der Waals surface area (Å²) in [6, 6.07) is 17.8. The van der Waals surface area contributed by atoms with Gasteiger partial charge in [-0.05, 0) is 93.3 Å². The summed E-state index contributed by atoms with van der Waals surface area (Å²) in [4.78, 5) is 22.8. The summed E-state index contributed by atoms with van der Waals surface area (Å²) in [5.74, 6) is 1.47. The highest BCUT2D eigenvalue weighted by molar-refractivity contribution is 7.98. The van der Waals surface area contributed by atoms with E-state index in [1.165, 1.54) is 18.7 Å². The minimum Gasteiger partial charge on any atom is -0.467 e. The molecule has 39 heavy (non-hydrogen) atoms. The Labute approximate surface area is 238 Å². The fraction of sp³-hybridized carbons (Fsp3) is 0.562. The molecule has 0 radical (unpaired) electrons. The monoisotopic (exact) mass is 553 g/mol. The number of aliphatic imine (C=N–C) groups is 1. The van der Waals surface area contributed by atoms with Gasteiger partial charge in [-0.1, -0.05) is 55.3 Å². The molecule has 3 unspecified atom stereocenters. The molecule has 0 saturated heterocycles. The normalized spacial score (nSPS) is 25.7. The summed E-state index contributed by atoms with van der Waals surface area (Å²) < 4.78 is 19.4. The molecule has 4 rings (SSSR count). The molecule has 1 fully saturated rings. The van der Waals surface area contributed by atoms with Crippen molar-refractivity contribution < 1.29 is 13.9 Å². The second-order valence-corrected chi connectivity index (χ2v) is 12.4. The number of nitrogens with zero attached hydrogens (tertiary/aromatic N) is 3. The Morgan fingerprint density at radius 2 is 1.90 bits per heavy atom. The van der Waals surface area contributed by atoms with Crippen molar-refractivity contribution in [1.29, 1.82) is 0 Å². The Balaban J connectivity index is 1.48. The second kappa shape index (κ2) is 13.8. The van der Waals surface area contributed by atoms with Crippen molar-refractivity contribution in [3.05, 3.63) is 71.5 Å². The van der Waals surface area contributed by atoms with Crippen molar-refractivity contribution >= 4 is 24.1 Å². The summed E-state index contributed by atoms with van der Waals surface area (Å²) in [6.45, 7) is 0.827. The number of rotatable bonds is 12. The van der Waals surface area contributed by atoms with E-state index in [-0.39, 0.29) is 23.9 Å². The first-order valence-corrected chi connectivity index (χ1v) is 15.6. The molecule has 0 N–H and O–H groups in total. The van der Waals surface area contributed by atoms with Crippen molar-refractivity contribution in [1.82, 2.24) is 9.80 Å². The number of esters is 1. The first-order chi connectivity index (χ1) is 18.9. The van der Waals surface area contributed by atoms with E-state index in [2.05, 4.69) is 60.5 Å². The number of hydrogen-bond acceptors (Lipinski definition) is 6. The molecule has 7 heteroatoms. The van der Waals surface area contributed by atoms with Crippen molar-refractivity contribution in [3.8, 4) is 0 Å². The van der Waals surface area contributed by atoms with Crippen LogP contribution < -0.4 is 0 Å². The van der Waals surface area contributed by atoms with Crippen LogP contribution in [0.25, 0.3) is 0 Å². The van der Waals surface area contributed by atoms with Gasteiger partial charge in [-0.2, -0.15) is 11.8 Å². The first-order valence-electron chi connectivity index (χ1n) is 14.2. The van der Waals surface area contributed by atoms with Crippen LogP contribution in [0.2, 0.25) is 0 Å². The largest absolute Gasteiger partial charge is 0.467 e. The van der Waals surface area contributed by atoms with Crippen LogP contribution in [0.15, 0.2) is 59.6 Å². The third kappa shape index (κ3) is 7.04. The van der Waals surface area contributed by atoms with Gasteiger partial charge in [-0.3, -0.25) is 4.99 Å². The highest BCUT2D eigenvalue weighted by atomic mass is 32.2. The topological polar surface area (TPSA) is 45.1 Å². The number of thioether (sulfide) groups is 1. The van der Waals surface area contributed by atoms with Crippen LogP contribution >= 0.6 is 11.8 Å².